The van der Waals surface area contributed by atoms with E-state index < -0.39 is 0 Å². The number of ether oxygens (including phenoxy) is 1. The first kappa shape index (κ1) is 14.4. The Kier molecular flexibility index (Phi) is 4.65. The molecule has 5 nitrogen and oxygen atoms in total. The van der Waals surface area contributed by atoms with Gasteiger partial charge in [-0.1, -0.05) is 18.2 Å². The molecule has 1 heterocycles. The molecule has 0 saturated carbocycles. The van der Waals surface area contributed by atoms with E-state index in [4.69, 9.17) is 10.6 Å². The van der Waals surface area contributed by atoms with Crippen molar-refractivity contribution in [2.24, 2.45) is 5.84 Å². The van der Waals surface area contributed by atoms with Crippen molar-refractivity contribution in [1.82, 2.24) is 15.6 Å². The number of aromatic nitrogens is 2. The monoisotopic (exact) mass is 272 g/mol. The average molecular weight is 272 g/mol. The summed E-state index contributed by atoms with van der Waals surface area (Å²) in [5.74, 6) is 6.17. The third-order valence-corrected chi connectivity index (χ3v) is 3.48. The van der Waals surface area contributed by atoms with Crippen LogP contribution in [0.5, 0.6) is 5.88 Å². The zero-order valence-electron chi connectivity index (χ0n) is 12.1. The fourth-order valence-corrected chi connectivity index (χ4v) is 2.25. The highest BCUT2D eigenvalue weighted by Gasteiger charge is 2.15. The van der Waals surface area contributed by atoms with Gasteiger partial charge in [-0.15, -0.1) is 5.10 Å². The largest absolute Gasteiger partial charge is 0.480 e. The summed E-state index contributed by atoms with van der Waals surface area (Å²) in [6.45, 7) is 4.21. The Labute approximate surface area is 119 Å². The smallest absolute Gasteiger partial charge is 0.233 e. The normalized spacial score (nSPS) is 12.2. The summed E-state index contributed by atoms with van der Waals surface area (Å²) >= 11 is 0. The molecule has 0 radical (unpaired) electrons. The van der Waals surface area contributed by atoms with Crippen molar-refractivity contribution in [3.63, 3.8) is 0 Å². The molecule has 5 heteroatoms. The van der Waals surface area contributed by atoms with Crippen molar-refractivity contribution in [1.29, 1.82) is 0 Å². The fourth-order valence-electron chi connectivity index (χ4n) is 2.25. The van der Waals surface area contributed by atoms with Crippen molar-refractivity contribution < 1.29 is 4.74 Å². The van der Waals surface area contributed by atoms with E-state index >= 15 is 0 Å². The van der Waals surface area contributed by atoms with Gasteiger partial charge < -0.3 is 4.74 Å². The summed E-state index contributed by atoms with van der Waals surface area (Å²) in [4.78, 5) is 0. The molecule has 3 N–H and O–H groups in total. The molecule has 1 atom stereocenters. The van der Waals surface area contributed by atoms with Crippen LogP contribution in [0.2, 0.25) is 0 Å². The molecule has 0 aliphatic rings. The minimum Gasteiger partial charge on any atom is -0.480 e. The van der Waals surface area contributed by atoms with Gasteiger partial charge in [0.1, 0.15) is 0 Å². The first-order chi connectivity index (χ1) is 9.65. The van der Waals surface area contributed by atoms with Crippen LogP contribution in [0.4, 0.5) is 0 Å². The zero-order valence-corrected chi connectivity index (χ0v) is 12.1. The molecule has 2 aromatic rings. The molecule has 0 aliphatic heterocycles. The van der Waals surface area contributed by atoms with Crippen molar-refractivity contribution >= 4 is 0 Å². The second-order valence-electron chi connectivity index (χ2n) is 4.79. The van der Waals surface area contributed by atoms with Crippen LogP contribution >= 0.6 is 0 Å². The number of hydrogen-bond acceptors (Lipinski definition) is 5. The molecule has 20 heavy (non-hydrogen) atoms. The number of nitrogens with two attached hydrogens (primary N) is 1. The van der Waals surface area contributed by atoms with Gasteiger partial charge in [-0.3, -0.25) is 11.3 Å². The predicted molar refractivity (Wildman–Crippen MR) is 78.3 cm³/mol. The van der Waals surface area contributed by atoms with Gasteiger partial charge in [0, 0.05) is 6.07 Å². The number of hydrogen-bond donors (Lipinski definition) is 2. The Hall–Kier alpha value is -1.98. The molecule has 0 saturated heterocycles. The van der Waals surface area contributed by atoms with Gasteiger partial charge in [-0.05, 0) is 43.0 Å². The minimum absolute atomic E-state index is 0.0757. The Morgan fingerprint density at radius 2 is 1.85 bits per heavy atom. The van der Waals surface area contributed by atoms with Gasteiger partial charge in [0.25, 0.3) is 0 Å². The van der Waals surface area contributed by atoms with Crippen LogP contribution in [0.3, 0.4) is 0 Å². The molecule has 0 spiro atoms. The summed E-state index contributed by atoms with van der Waals surface area (Å²) in [6.07, 6.45) is 0.774. The van der Waals surface area contributed by atoms with Crippen LogP contribution in [-0.2, 0) is 6.42 Å². The Morgan fingerprint density at radius 1 is 1.15 bits per heavy atom. The summed E-state index contributed by atoms with van der Waals surface area (Å²) in [6, 6.07) is 9.87. The standard InChI is InChI=1S/C15H20N4O/c1-10-5-4-6-11(2)12(10)9-14(17-16)13-7-8-15(20-3)19-18-13/h4-8,14,17H,9,16H2,1-3H3. The minimum atomic E-state index is -0.0757. The van der Waals surface area contributed by atoms with Crippen LogP contribution in [0.15, 0.2) is 30.3 Å². The first-order valence-electron chi connectivity index (χ1n) is 6.54. The number of hydrazine groups is 1. The van der Waals surface area contributed by atoms with E-state index in [1.54, 1.807) is 13.2 Å². The fraction of sp³-hybridized carbons (Fsp3) is 0.333. The van der Waals surface area contributed by atoms with Crippen LogP contribution in [0.1, 0.15) is 28.4 Å². The molecule has 1 aromatic heterocycles. The maximum Gasteiger partial charge on any atom is 0.233 e. The first-order valence-corrected chi connectivity index (χ1v) is 6.54. The second kappa shape index (κ2) is 6.45. The quantitative estimate of drug-likeness (QED) is 0.642. The second-order valence-corrected chi connectivity index (χ2v) is 4.79. The molecule has 0 fully saturated rings. The number of benzene rings is 1. The van der Waals surface area contributed by atoms with Crippen molar-refractivity contribution in [3.05, 3.63) is 52.7 Å². The highest BCUT2D eigenvalue weighted by atomic mass is 16.5. The van der Waals surface area contributed by atoms with E-state index in [1.807, 2.05) is 6.07 Å². The van der Waals surface area contributed by atoms with Crippen LogP contribution in [0, 0.1) is 13.8 Å². The Morgan fingerprint density at radius 3 is 2.35 bits per heavy atom. The summed E-state index contributed by atoms with van der Waals surface area (Å²) in [5.41, 5.74) is 7.41. The number of rotatable bonds is 5. The number of nitrogens with one attached hydrogen (secondary N) is 1. The molecule has 1 aromatic carbocycles. The lowest BCUT2D eigenvalue weighted by Crippen LogP contribution is -2.30. The third-order valence-electron chi connectivity index (χ3n) is 3.48. The van der Waals surface area contributed by atoms with E-state index in [2.05, 4.69) is 47.7 Å². The van der Waals surface area contributed by atoms with Crippen molar-refractivity contribution in [3.8, 4) is 5.88 Å². The van der Waals surface area contributed by atoms with E-state index in [9.17, 15) is 0 Å². The van der Waals surface area contributed by atoms with E-state index in [1.165, 1.54) is 16.7 Å². The van der Waals surface area contributed by atoms with Gasteiger partial charge in [-0.25, -0.2) is 0 Å². The number of nitrogens with zero attached hydrogens (tertiary/aromatic N) is 2. The SMILES string of the molecule is COc1ccc(C(Cc2c(C)cccc2C)NN)nn1. The Bertz CT molecular complexity index is 548. The maximum absolute atomic E-state index is 5.67. The van der Waals surface area contributed by atoms with Gasteiger partial charge in [0.15, 0.2) is 0 Å². The van der Waals surface area contributed by atoms with Crippen LogP contribution in [0.25, 0.3) is 0 Å². The summed E-state index contributed by atoms with van der Waals surface area (Å²) in [7, 11) is 1.57. The topological polar surface area (TPSA) is 73.1 Å². The molecule has 106 valence electrons. The summed E-state index contributed by atoms with van der Waals surface area (Å²) in [5, 5.41) is 8.14. The molecule has 0 amide bonds. The average Bonchev–Trinajstić information content (AvgIpc) is 2.47. The highest BCUT2D eigenvalue weighted by molar-refractivity contribution is 5.35. The van der Waals surface area contributed by atoms with Gasteiger partial charge in [0.05, 0.1) is 18.8 Å². The molecule has 2 rings (SSSR count). The lowest BCUT2D eigenvalue weighted by molar-refractivity contribution is 0.389. The number of methoxy groups -OCH3 is 1. The van der Waals surface area contributed by atoms with Gasteiger partial charge in [-0.2, -0.15) is 5.10 Å². The lowest BCUT2D eigenvalue weighted by atomic mass is 9.95. The van der Waals surface area contributed by atoms with Crippen molar-refractivity contribution in [2.45, 2.75) is 26.3 Å². The lowest BCUT2D eigenvalue weighted by Gasteiger charge is -2.18. The molecular weight excluding hydrogens is 252 g/mol. The number of aryl methyl sites for hydroxylation is 2. The molecular formula is C15H20N4O. The Balaban J connectivity index is 2.24. The van der Waals surface area contributed by atoms with Crippen LogP contribution < -0.4 is 16.0 Å². The highest BCUT2D eigenvalue weighted by Crippen LogP contribution is 2.21. The van der Waals surface area contributed by atoms with E-state index in [0.29, 0.717) is 5.88 Å². The van der Waals surface area contributed by atoms with Crippen LogP contribution in [-0.4, -0.2) is 17.3 Å². The van der Waals surface area contributed by atoms with Crippen molar-refractivity contribution in [2.75, 3.05) is 7.11 Å². The van der Waals surface area contributed by atoms with Gasteiger partial charge in [0.2, 0.25) is 5.88 Å². The third kappa shape index (κ3) is 3.12. The van der Waals surface area contributed by atoms with E-state index in [-0.39, 0.29) is 6.04 Å². The maximum atomic E-state index is 5.67. The van der Waals surface area contributed by atoms with E-state index in [0.717, 1.165) is 12.1 Å². The predicted octanol–water partition coefficient (Wildman–Crippen LogP) is 1.85. The molecule has 0 aliphatic carbocycles. The van der Waals surface area contributed by atoms with Gasteiger partial charge >= 0.3 is 0 Å². The molecule has 0 bridgehead atoms. The summed E-state index contributed by atoms with van der Waals surface area (Å²) < 4.78 is 5.01. The zero-order chi connectivity index (χ0) is 14.5. The molecule has 1 unspecified atom stereocenters.